The number of ether oxygens (including phenoxy) is 2. The second-order valence-corrected chi connectivity index (χ2v) is 5.84. The molecule has 0 unspecified atom stereocenters. The first-order valence-corrected chi connectivity index (χ1v) is 8.01. The number of carbonyl (C=O) groups is 3. The molecule has 0 spiro atoms. The number of nitrogens with one attached hydrogen (secondary N) is 2. The van der Waals surface area contributed by atoms with Gasteiger partial charge >= 0.3 is 5.97 Å². The van der Waals surface area contributed by atoms with Gasteiger partial charge in [-0.1, -0.05) is 23.2 Å². The lowest BCUT2D eigenvalue weighted by Gasteiger charge is -2.09. The van der Waals surface area contributed by atoms with Gasteiger partial charge in [0.2, 0.25) is 0 Å². The normalized spacial score (nSPS) is 9.96. The van der Waals surface area contributed by atoms with Crippen molar-refractivity contribution in [2.24, 2.45) is 0 Å². The Morgan fingerprint density at radius 1 is 0.923 bits per heavy atom. The van der Waals surface area contributed by atoms with Crippen LogP contribution in [0.1, 0.15) is 20.7 Å². The van der Waals surface area contributed by atoms with E-state index in [2.05, 4.69) is 10.9 Å². The minimum Gasteiger partial charge on any atom is -0.497 e. The molecule has 0 atom stereocenters. The number of carbonyl (C=O) groups excluding carboxylic acids is 3. The molecule has 0 aliphatic carbocycles. The number of esters is 1. The summed E-state index contributed by atoms with van der Waals surface area (Å²) in [5.74, 6) is -1.42. The Bertz CT molecular complexity index is 804. The Kier molecular flexibility index (Phi) is 6.82. The molecule has 0 saturated heterocycles. The van der Waals surface area contributed by atoms with Crippen LogP contribution in [0.15, 0.2) is 42.5 Å². The third-order valence-corrected chi connectivity index (χ3v) is 3.54. The molecule has 9 heteroatoms. The molecule has 0 bridgehead atoms. The van der Waals surface area contributed by atoms with Crippen molar-refractivity contribution in [2.45, 2.75) is 0 Å². The van der Waals surface area contributed by atoms with E-state index in [9.17, 15) is 14.4 Å². The third-order valence-electron chi connectivity index (χ3n) is 3.10. The maximum atomic E-state index is 11.9. The predicted octanol–water partition coefficient (Wildman–Crippen LogP) is 2.62. The molecule has 2 aromatic carbocycles. The Morgan fingerprint density at radius 2 is 1.54 bits per heavy atom. The van der Waals surface area contributed by atoms with E-state index in [0.717, 1.165) is 0 Å². The second kappa shape index (κ2) is 9.07. The first-order chi connectivity index (χ1) is 12.4. The van der Waals surface area contributed by atoms with Gasteiger partial charge in [-0.05, 0) is 42.5 Å². The summed E-state index contributed by atoms with van der Waals surface area (Å²) in [5, 5.41) is 0.529. The largest absolute Gasteiger partial charge is 0.497 e. The van der Waals surface area contributed by atoms with Gasteiger partial charge in [0.15, 0.2) is 6.61 Å². The van der Waals surface area contributed by atoms with Crippen molar-refractivity contribution >= 4 is 41.0 Å². The minimum absolute atomic E-state index is 0.109. The van der Waals surface area contributed by atoms with Gasteiger partial charge in [0.05, 0.1) is 12.7 Å². The molecule has 0 aliphatic heterocycles. The average Bonchev–Trinajstić information content (AvgIpc) is 2.63. The van der Waals surface area contributed by atoms with Crippen LogP contribution in [0.3, 0.4) is 0 Å². The molecule has 0 radical (unpaired) electrons. The molecule has 2 rings (SSSR count). The van der Waals surface area contributed by atoms with E-state index in [1.165, 1.54) is 37.4 Å². The van der Waals surface area contributed by atoms with Gasteiger partial charge in [-0.15, -0.1) is 0 Å². The highest BCUT2D eigenvalue weighted by Crippen LogP contribution is 2.19. The fourth-order valence-electron chi connectivity index (χ4n) is 1.86. The Balaban J connectivity index is 1.80. The second-order valence-electron chi connectivity index (χ2n) is 4.97. The van der Waals surface area contributed by atoms with Crippen molar-refractivity contribution in [2.75, 3.05) is 13.7 Å². The van der Waals surface area contributed by atoms with Gasteiger partial charge < -0.3 is 9.47 Å². The molecule has 0 heterocycles. The number of hydrazine groups is 1. The zero-order valence-electron chi connectivity index (χ0n) is 13.5. The molecule has 0 fully saturated rings. The van der Waals surface area contributed by atoms with Crippen molar-refractivity contribution in [1.29, 1.82) is 0 Å². The summed E-state index contributed by atoms with van der Waals surface area (Å²) in [7, 11) is 1.51. The Labute approximate surface area is 159 Å². The summed E-state index contributed by atoms with van der Waals surface area (Å²) in [6.07, 6.45) is 0. The van der Waals surface area contributed by atoms with Crippen molar-refractivity contribution in [3.63, 3.8) is 0 Å². The number of methoxy groups -OCH3 is 1. The van der Waals surface area contributed by atoms with Crippen molar-refractivity contribution in [3.8, 4) is 5.75 Å². The molecule has 7 nitrogen and oxygen atoms in total. The number of rotatable bonds is 5. The first kappa shape index (κ1) is 19.6. The molecule has 136 valence electrons. The van der Waals surface area contributed by atoms with E-state index < -0.39 is 24.4 Å². The molecular weight excluding hydrogens is 383 g/mol. The van der Waals surface area contributed by atoms with Crippen LogP contribution in [-0.4, -0.2) is 31.5 Å². The van der Waals surface area contributed by atoms with Crippen LogP contribution in [0.5, 0.6) is 5.75 Å². The number of benzene rings is 2. The Morgan fingerprint density at radius 3 is 2.12 bits per heavy atom. The first-order valence-electron chi connectivity index (χ1n) is 7.25. The lowest BCUT2D eigenvalue weighted by molar-refractivity contribution is -0.125. The van der Waals surface area contributed by atoms with Crippen LogP contribution in [-0.2, 0) is 9.53 Å². The zero-order chi connectivity index (χ0) is 19.1. The van der Waals surface area contributed by atoms with E-state index in [0.29, 0.717) is 11.3 Å². The van der Waals surface area contributed by atoms with Crippen LogP contribution < -0.4 is 15.6 Å². The SMILES string of the molecule is COc1ccc(C(=O)NNC(=O)COC(=O)c2cc(Cl)cc(Cl)c2)cc1. The molecule has 2 aromatic rings. The number of hydrogen-bond acceptors (Lipinski definition) is 5. The fourth-order valence-corrected chi connectivity index (χ4v) is 2.39. The van der Waals surface area contributed by atoms with E-state index in [-0.39, 0.29) is 15.6 Å². The lowest BCUT2D eigenvalue weighted by atomic mass is 10.2. The highest BCUT2D eigenvalue weighted by Gasteiger charge is 2.13. The zero-order valence-corrected chi connectivity index (χ0v) is 15.1. The van der Waals surface area contributed by atoms with Crippen LogP contribution in [0, 0.1) is 0 Å². The monoisotopic (exact) mass is 396 g/mol. The van der Waals surface area contributed by atoms with Gasteiger partial charge in [-0.3, -0.25) is 20.4 Å². The van der Waals surface area contributed by atoms with Gasteiger partial charge in [-0.25, -0.2) is 4.79 Å². The highest BCUT2D eigenvalue weighted by molar-refractivity contribution is 6.35. The summed E-state index contributed by atoms with van der Waals surface area (Å²) < 4.78 is 9.82. The summed E-state index contributed by atoms with van der Waals surface area (Å²) >= 11 is 11.6. The smallest absolute Gasteiger partial charge is 0.338 e. The maximum absolute atomic E-state index is 11.9. The standard InChI is InChI=1S/C17H14Cl2N2O5/c1-25-14-4-2-10(3-5-14)16(23)21-20-15(22)9-26-17(24)11-6-12(18)8-13(19)7-11/h2-8H,9H2,1H3,(H,20,22)(H,21,23). The maximum Gasteiger partial charge on any atom is 0.338 e. The third kappa shape index (κ3) is 5.65. The Hall–Kier alpha value is -2.77. The summed E-state index contributed by atoms with van der Waals surface area (Å²) in [6, 6.07) is 10.5. The summed E-state index contributed by atoms with van der Waals surface area (Å²) in [4.78, 5) is 35.4. The summed E-state index contributed by atoms with van der Waals surface area (Å²) in [5.41, 5.74) is 4.77. The molecule has 2 amide bonds. The topological polar surface area (TPSA) is 93.7 Å². The molecule has 0 aliphatic rings. The number of hydrogen-bond donors (Lipinski definition) is 2. The molecule has 2 N–H and O–H groups in total. The molecule has 0 aromatic heterocycles. The van der Waals surface area contributed by atoms with Gasteiger partial charge in [-0.2, -0.15) is 0 Å². The van der Waals surface area contributed by atoms with E-state index in [4.69, 9.17) is 32.7 Å². The minimum atomic E-state index is -0.772. The average molecular weight is 397 g/mol. The van der Waals surface area contributed by atoms with Gasteiger partial charge in [0.25, 0.3) is 11.8 Å². The molecule has 26 heavy (non-hydrogen) atoms. The highest BCUT2D eigenvalue weighted by atomic mass is 35.5. The van der Waals surface area contributed by atoms with E-state index in [1.54, 1.807) is 12.1 Å². The fraction of sp³-hybridized carbons (Fsp3) is 0.118. The molecule has 0 saturated carbocycles. The predicted molar refractivity (Wildman–Crippen MR) is 95.3 cm³/mol. The quantitative estimate of drug-likeness (QED) is 0.598. The van der Waals surface area contributed by atoms with E-state index >= 15 is 0 Å². The number of halogens is 2. The van der Waals surface area contributed by atoms with Crippen molar-refractivity contribution < 1.29 is 23.9 Å². The van der Waals surface area contributed by atoms with Gasteiger partial charge in [0, 0.05) is 15.6 Å². The summed E-state index contributed by atoms with van der Waals surface area (Å²) in [6.45, 7) is -0.591. The van der Waals surface area contributed by atoms with Crippen LogP contribution in [0.25, 0.3) is 0 Å². The van der Waals surface area contributed by atoms with Crippen LogP contribution in [0.2, 0.25) is 10.0 Å². The van der Waals surface area contributed by atoms with Crippen LogP contribution >= 0.6 is 23.2 Å². The van der Waals surface area contributed by atoms with E-state index in [1.807, 2.05) is 0 Å². The van der Waals surface area contributed by atoms with Crippen molar-refractivity contribution in [1.82, 2.24) is 10.9 Å². The van der Waals surface area contributed by atoms with Crippen LogP contribution in [0.4, 0.5) is 0 Å². The number of amides is 2. The van der Waals surface area contributed by atoms with Crippen molar-refractivity contribution in [3.05, 3.63) is 63.6 Å². The lowest BCUT2D eigenvalue weighted by Crippen LogP contribution is -2.43. The van der Waals surface area contributed by atoms with Gasteiger partial charge in [0.1, 0.15) is 5.75 Å². The molecular formula is C17H14Cl2N2O5.